The number of ether oxygens (including phenoxy) is 2. The van der Waals surface area contributed by atoms with E-state index >= 15 is 0 Å². The Morgan fingerprint density at radius 2 is 1.74 bits per heavy atom. The van der Waals surface area contributed by atoms with Gasteiger partial charge in [0.1, 0.15) is 11.5 Å². The third-order valence-electron chi connectivity index (χ3n) is 5.68. The van der Waals surface area contributed by atoms with E-state index in [1.807, 2.05) is 42.6 Å². The minimum atomic E-state index is -3.31. The molecule has 1 fully saturated rings. The first-order chi connectivity index (χ1) is 14.9. The van der Waals surface area contributed by atoms with E-state index in [4.69, 9.17) is 14.5 Å². The summed E-state index contributed by atoms with van der Waals surface area (Å²) in [7, 11) is -0.0571. The van der Waals surface area contributed by atoms with Crippen molar-refractivity contribution in [2.45, 2.75) is 29.9 Å². The first kappa shape index (κ1) is 21.6. The van der Waals surface area contributed by atoms with Gasteiger partial charge in [0.05, 0.1) is 30.1 Å². The summed E-state index contributed by atoms with van der Waals surface area (Å²) in [6.45, 7) is 3.30. The highest BCUT2D eigenvalue weighted by atomic mass is 32.2. The molecule has 0 spiro atoms. The molecule has 0 aliphatic carbocycles. The van der Waals surface area contributed by atoms with Crippen LogP contribution in [-0.2, 0) is 9.84 Å². The molecule has 0 saturated carbocycles. The van der Waals surface area contributed by atoms with Crippen molar-refractivity contribution in [1.82, 2.24) is 4.98 Å². The minimum absolute atomic E-state index is 0.354. The van der Waals surface area contributed by atoms with Crippen molar-refractivity contribution in [3.05, 3.63) is 53.4 Å². The van der Waals surface area contributed by atoms with Crippen molar-refractivity contribution in [2.75, 3.05) is 32.2 Å². The van der Waals surface area contributed by atoms with Crippen LogP contribution in [0.15, 0.2) is 52.7 Å². The number of aryl methyl sites for hydroxylation is 1. The monoisotopic (exact) mass is 458 g/mol. The maximum Gasteiger partial charge on any atom is 0.185 e. The Labute approximate surface area is 187 Å². The number of aromatic nitrogens is 1. The molecule has 8 heteroatoms. The third-order valence-corrected chi connectivity index (χ3v) is 8.86. The van der Waals surface area contributed by atoms with Crippen molar-refractivity contribution >= 4 is 26.3 Å². The van der Waals surface area contributed by atoms with Crippen LogP contribution in [0.4, 0.5) is 5.13 Å². The molecule has 1 aromatic heterocycles. The molecule has 0 radical (unpaired) electrons. The van der Waals surface area contributed by atoms with E-state index in [0.29, 0.717) is 36.6 Å². The molecule has 6 nitrogen and oxygen atoms in total. The lowest BCUT2D eigenvalue weighted by Gasteiger charge is -2.31. The molecule has 4 rings (SSSR count). The molecule has 0 atom stereocenters. The number of hydrogen-bond acceptors (Lipinski definition) is 7. The fourth-order valence-electron chi connectivity index (χ4n) is 3.82. The largest absolute Gasteiger partial charge is 0.497 e. The number of anilines is 1. The average molecular weight is 459 g/mol. The molecular weight excluding hydrogens is 432 g/mol. The van der Waals surface area contributed by atoms with Crippen molar-refractivity contribution in [3.63, 3.8) is 0 Å². The topological polar surface area (TPSA) is 68.7 Å². The lowest BCUT2D eigenvalue weighted by molar-refractivity contribution is 0.395. The second-order valence-corrected chi connectivity index (χ2v) is 10.7. The predicted molar refractivity (Wildman–Crippen MR) is 124 cm³/mol. The molecule has 31 heavy (non-hydrogen) atoms. The summed E-state index contributed by atoms with van der Waals surface area (Å²) in [5.74, 6) is 1.44. The number of rotatable bonds is 6. The Morgan fingerprint density at radius 1 is 1.03 bits per heavy atom. The summed E-state index contributed by atoms with van der Waals surface area (Å²) in [6.07, 6.45) is 1.19. The summed E-state index contributed by atoms with van der Waals surface area (Å²) in [6, 6.07) is 12.8. The van der Waals surface area contributed by atoms with Crippen molar-refractivity contribution in [2.24, 2.45) is 0 Å². The summed E-state index contributed by atoms with van der Waals surface area (Å²) >= 11 is 1.57. The normalized spacial score (nSPS) is 15.1. The van der Waals surface area contributed by atoms with E-state index in [-0.39, 0.29) is 5.25 Å². The van der Waals surface area contributed by atoms with Crippen LogP contribution in [0.5, 0.6) is 11.5 Å². The number of hydrogen-bond donors (Lipinski definition) is 0. The van der Waals surface area contributed by atoms with Gasteiger partial charge in [0.25, 0.3) is 0 Å². The molecule has 2 aromatic carbocycles. The Balaban J connectivity index is 1.47. The number of methoxy groups -OCH3 is 2. The van der Waals surface area contributed by atoms with Crippen molar-refractivity contribution in [1.29, 1.82) is 0 Å². The summed E-state index contributed by atoms with van der Waals surface area (Å²) in [5.41, 5.74) is 2.80. The Hall–Kier alpha value is -2.58. The molecule has 2 heterocycles. The predicted octanol–water partition coefficient (Wildman–Crippen LogP) is 4.58. The van der Waals surface area contributed by atoms with E-state index in [1.54, 1.807) is 37.7 Å². The van der Waals surface area contributed by atoms with Gasteiger partial charge in [-0.25, -0.2) is 13.4 Å². The second kappa shape index (κ2) is 8.88. The SMILES string of the molecule is COc1ccc(-c2csc(N3CCC(S(=O)(=O)c4ccc(C)cc4)CC3)n2)c(OC)c1. The van der Waals surface area contributed by atoms with Crippen LogP contribution in [0.2, 0.25) is 0 Å². The van der Waals surface area contributed by atoms with Gasteiger partial charge >= 0.3 is 0 Å². The Kier molecular flexibility index (Phi) is 6.20. The standard InChI is InChI=1S/C23H26N2O4S2/c1-16-4-7-18(8-5-16)31(26,27)19-10-12-25(13-11-19)23-24-21(15-30-23)20-9-6-17(28-2)14-22(20)29-3/h4-9,14-15,19H,10-13H2,1-3H3. The smallest absolute Gasteiger partial charge is 0.185 e. The molecule has 1 aliphatic heterocycles. The zero-order chi connectivity index (χ0) is 22.0. The molecule has 3 aromatic rings. The van der Waals surface area contributed by atoms with E-state index < -0.39 is 9.84 Å². The fourth-order valence-corrected chi connectivity index (χ4v) is 6.43. The zero-order valence-corrected chi connectivity index (χ0v) is 19.5. The molecule has 1 aliphatic rings. The molecule has 0 amide bonds. The van der Waals surface area contributed by atoms with Gasteiger partial charge in [0.15, 0.2) is 15.0 Å². The lowest BCUT2D eigenvalue weighted by atomic mass is 10.1. The summed E-state index contributed by atoms with van der Waals surface area (Å²) in [5, 5.41) is 2.56. The van der Waals surface area contributed by atoms with Gasteiger partial charge in [0.2, 0.25) is 0 Å². The van der Waals surface area contributed by atoms with Crippen LogP contribution >= 0.6 is 11.3 Å². The van der Waals surface area contributed by atoms with Gasteiger partial charge in [-0.2, -0.15) is 0 Å². The summed E-state index contributed by atoms with van der Waals surface area (Å²) < 4.78 is 36.8. The summed E-state index contributed by atoms with van der Waals surface area (Å²) in [4.78, 5) is 7.39. The number of benzene rings is 2. The number of nitrogens with zero attached hydrogens (tertiary/aromatic N) is 2. The van der Waals surface area contributed by atoms with Crippen molar-refractivity contribution in [3.8, 4) is 22.8 Å². The zero-order valence-electron chi connectivity index (χ0n) is 17.9. The molecule has 1 saturated heterocycles. The van der Waals surface area contributed by atoms with Gasteiger partial charge in [-0.3, -0.25) is 0 Å². The van der Waals surface area contributed by atoms with Crippen molar-refractivity contribution < 1.29 is 17.9 Å². The average Bonchev–Trinajstić information content (AvgIpc) is 3.29. The molecule has 0 unspecified atom stereocenters. The van der Waals surface area contributed by atoms with Crippen LogP contribution < -0.4 is 14.4 Å². The lowest BCUT2D eigenvalue weighted by Crippen LogP contribution is -2.39. The minimum Gasteiger partial charge on any atom is -0.497 e. The highest BCUT2D eigenvalue weighted by molar-refractivity contribution is 7.92. The van der Waals surface area contributed by atoms with Gasteiger partial charge in [-0.05, 0) is 44.0 Å². The Bertz CT molecular complexity index is 1150. The first-order valence-electron chi connectivity index (χ1n) is 10.2. The first-order valence-corrected chi connectivity index (χ1v) is 12.6. The molecule has 0 bridgehead atoms. The van der Waals surface area contributed by atoms with E-state index in [9.17, 15) is 8.42 Å². The van der Waals surface area contributed by atoms with Crippen LogP contribution in [0.1, 0.15) is 18.4 Å². The van der Waals surface area contributed by atoms with E-state index in [0.717, 1.165) is 27.7 Å². The van der Waals surface area contributed by atoms with Crippen LogP contribution in [0.25, 0.3) is 11.3 Å². The van der Waals surface area contributed by atoms with Crippen LogP contribution in [0.3, 0.4) is 0 Å². The molecule has 164 valence electrons. The molecular formula is C23H26N2O4S2. The van der Waals surface area contributed by atoms with Crippen LogP contribution in [-0.4, -0.2) is 46.0 Å². The van der Waals surface area contributed by atoms with Gasteiger partial charge < -0.3 is 14.4 Å². The quantitative estimate of drug-likeness (QED) is 0.539. The molecule has 0 N–H and O–H groups in total. The van der Waals surface area contributed by atoms with Gasteiger partial charge in [0, 0.05) is 30.1 Å². The maximum absolute atomic E-state index is 13.0. The number of sulfone groups is 1. The highest BCUT2D eigenvalue weighted by Crippen LogP contribution is 2.36. The third kappa shape index (κ3) is 4.41. The Morgan fingerprint density at radius 3 is 2.39 bits per heavy atom. The van der Waals surface area contributed by atoms with Gasteiger partial charge in [-0.15, -0.1) is 11.3 Å². The second-order valence-electron chi connectivity index (χ2n) is 7.63. The maximum atomic E-state index is 13.0. The fraction of sp³-hybridized carbons (Fsp3) is 0.348. The van der Waals surface area contributed by atoms with E-state index in [1.165, 1.54) is 0 Å². The van der Waals surface area contributed by atoms with Crippen LogP contribution in [0, 0.1) is 6.92 Å². The number of piperidine rings is 1. The number of thiazole rings is 1. The van der Waals surface area contributed by atoms with E-state index in [2.05, 4.69) is 4.90 Å². The van der Waals surface area contributed by atoms with Gasteiger partial charge in [-0.1, -0.05) is 17.7 Å². The highest BCUT2D eigenvalue weighted by Gasteiger charge is 2.32.